The van der Waals surface area contributed by atoms with E-state index in [1.807, 2.05) is 45.8 Å². The average Bonchev–Trinajstić information content (AvgIpc) is 2.19. The molecule has 1 aromatic rings. The first-order chi connectivity index (χ1) is 8.67. The van der Waals surface area contributed by atoms with Crippen LogP contribution in [0.3, 0.4) is 0 Å². The number of ether oxygens (including phenoxy) is 1. The van der Waals surface area contributed by atoms with Crippen molar-refractivity contribution in [3.8, 4) is 0 Å². The van der Waals surface area contributed by atoms with Gasteiger partial charge >= 0.3 is 6.09 Å². The van der Waals surface area contributed by atoms with Gasteiger partial charge in [0.25, 0.3) is 0 Å². The topological polar surface area (TPSA) is 54.5 Å². The lowest BCUT2D eigenvalue weighted by Crippen LogP contribution is -2.27. The van der Waals surface area contributed by atoms with Crippen LogP contribution in [0, 0.1) is 0 Å². The van der Waals surface area contributed by atoms with Crippen molar-refractivity contribution in [1.29, 1.82) is 0 Å². The Hall–Kier alpha value is -1.14. The van der Waals surface area contributed by atoms with Crippen molar-refractivity contribution < 1.29 is 9.53 Å². The number of nitrogens with one attached hydrogen (secondary N) is 1. The average molecular weight is 330 g/mol. The van der Waals surface area contributed by atoms with E-state index in [0.29, 0.717) is 5.82 Å². The minimum absolute atomic E-state index is 0.481. The van der Waals surface area contributed by atoms with Crippen molar-refractivity contribution in [1.82, 2.24) is 9.88 Å². The van der Waals surface area contributed by atoms with E-state index in [1.54, 1.807) is 6.20 Å². The Balaban J connectivity index is 2.77. The molecule has 5 nitrogen and oxygen atoms in total. The summed E-state index contributed by atoms with van der Waals surface area (Å²) in [6.07, 6.45) is 1.17. The Labute approximate surface area is 122 Å². The highest BCUT2D eigenvalue weighted by atomic mass is 79.9. The van der Waals surface area contributed by atoms with Gasteiger partial charge in [-0.1, -0.05) is 0 Å². The first-order valence-corrected chi connectivity index (χ1v) is 6.76. The normalized spacial score (nSPS) is 11.5. The summed E-state index contributed by atoms with van der Waals surface area (Å²) in [5, 5.41) is 2.63. The van der Waals surface area contributed by atoms with Crippen LogP contribution in [-0.4, -0.2) is 35.7 Å². The van der Waals surface area contributed by atoms with Crippen molar-refractivity contribution in [2.75, 3.05) is 19.4 Å². The number of nitrogens with zero attached hydrogens (tertiary/aromatic N) is 2. The van der Waals surface area contributed by atoms with Gasteiger partial charge < -0.3 is 9.64 Å². The lowest BCUT2D eigenvalue weighted by molar-refractivity contribution is 0.0635. The minimum atomic E-state index is -0.522. The number of anilines is 1. The maximum absolute atomic E-state index is 11.7. The highest BCUT2D eigenvalue weighted by Crippen LogP contribution is 2.20. The molecule has 0 bridgehead atoms. The Morgan fingerprint density at radius 2 is 2.11 bits per heavy atom. The third-order valence-corrected chi connectivity index (χ3v) is 2.76. The smallest absolute Gasteiger partial charge is 0.413 e. The lowest BCUT2D eigenvalue weighted by atomic mass is 10.2. The molecule has 0 saturated heterocycles. The van der Waals surface area contributed by atoms with Gasteiger partial charge in [-0.05, 0) is 62.4 Å². The Bertz CT molecular complexity index is 456. The molecule has 106 valence electrons. The standard InChI is InChI=1S/C13H20BrN3O2/c1-13(2,3)19-12(18)16-11-6-9(8-17(4)5)10(14)7-15-11/h6-7H,8H2,1-5H3,(H,15,16,18). The van der Waals surface area contributed by atoms with Crippen LogP contribution in [0.2, 0.25) is 0 Å². The Kier molecular flexibility index (Phi) is 5.31. The summed E-state index contributed by atoms with van der Waals surface area (Å²) in [6.45, 7) is 6.21. The van der Waals surface area contributed by atoms with Gasteiger partial charge in [-0.25, -0.2) is 9.78 Å². The number of hydrogen-bond donors (Lipinski definition) is 1. The van der Waals surface area contributed by atoms with Crippen molar-refractivity contribution >= 4 is 27.8 Å². The fourth-order valence-corrected chi connectivity index (χ4v) is 1.76. The highest BCUT2D eigenvalue weighted by Gasteiger charge is 2.16. The number of hydrogen-bond acceptors (Lipinski definition) is 4. The van der Waals surface area contributed by atoms with Crippen molar-refractivity contribution in [2.24, 2.45) is 0 Å². The molecule has 1 heterocycles. The summed E-state index contributed by atoms with van der Waals surface area (Å²) in [4.78, 5) is 17.8. The van der Waals surface area contributed by atoms with Crippen LogP contribution in [0.4, 0.5) is 10.6 Å². The molecule has 0 aliphatic rings. The minimum Gasteiger partial charge on any atom is -0.444 e. The molecule has 6 heteroatoms. The second-order valence-corrected chi connectivity index (χ2v) is 6.38. The molecule has 0 aromatic carbocycles. The molecule has 0 unspecified atom stereocenters. The zero-order valence-electron chi connectivity index (χ0n) is 12.0. The molecule has 1 amide bonds. The maximum Gasteiger partial charge on any atom is 0.413 e. The third kappa shape index (κ3) is 6.02. The van der Waals surface area contributed by atoms with Crippen LogP contribution >= 0.6 is 15.9 Å². The predicted molar refractivity (Wildman–Crippen MR) is 79.2 cm³/mol. The van der Waals surface area contributed by atoms with E-state index in [9.17, 15) is 4.79 Å². The third-order valence-electron chi connectivity index (χ3n) is 2.05. The fraction of sp³-hybridized carbons (Fsp3) is 0.538. The van der Waals surface area contributed by atoms with E-state index in [2.05, 4.69) is 26.2 Å². The Morgan fingerprint density at radius 3 is 2.63 bits per heavy atom. The molecule has 0 aliphatic heterocycles. The monoisotopic (exact) mass is 329 g/mol. The summed E-state index contributed by atoms with van der Waals surface area (Å²) in [7, 11) is 3.96. The highest BCUT2D eigenvalue weighted by molar-refractivity contribution is 9.10. The van der Waals surface area contributed by atoms with Gasteiger partial charge in [-0.2, -0.15) is 0 Å². The van der Waals surface area contributed by atoms with Crippen LogP contribution < -0.4 is 5.32 Å². The molecule has 0 aliphatic carbocycles. The number of aromatic nitrogens is 1. The first kappa shape index (κ1) is 15.9. The van der Waals surface area contributed by atoms with Gasteiger partial charge in [0.05, 0.1) is 0 Å². The zero-order chi connectivity index (χ0) is 14.6. The van der Waals surface area contributed by atoms with Gasteiger partial charge in [-0.3, -0.25) is 5.32 Å². The summed E-state index contributed by atoms with van der Waals surface area (Å²) in [6, 6.07) is 1.83. The van der Waals surface area contributed by atoms with Gasteiger partial charge in [0.1, 0.15) is 11.4 Å². The number of amides is 1. The molecular formula is C13H20BrN3O2. The molecule has 0 atom stereocenters. The van der Waals surface area contributed by atoms with Gasteiger partial charge in [0.2, 0.25) is 0 Å². The Morgan fingerprint density at radius 1 is 1.47 bits per heavy atom. The van der Waals surface area contributed by atoms with Gasteiger partial charge in [-0.15, -0.1) is 0 Å². The van der Waals surface area contributed by atoms with E-state index in [-0.39, 0.29) is 0 Å². The van der Waals surface area contributed by atoms with E-state index < -0.39 is 11.7 Å². The van der Waals surface area contributed by atoms with Crippen LogP contribution in [-0.2, 0) is 11.3 Å². The quantitative estimate of drug-likeness (QED) is 0.924. The molecule has 0 spiro atoms. The summed E-state index contributed by atoms with van der Waals surface area (Å²) in [5.74, 6) is 0.481. The molecule has 0 fully saturated rings. The molecule has 1 N–H and O–H groups in total. The molecule has 0 saturated carbocycles. The summed E-state index contributed by atoms with van der Waals surface area (Å²) in [5.41, 5.74) is 0.525. The zero-order valence-corrected chi connectivity index (χ0v) is 13.5. The SMILES string of the molecule is CN(C)Cc1cc(NC(=O)OC(C)(C)C)ncc1Br. The van der Waals surface area contributed by atoms with Crippen LogP contribution in [0.25, 0.3) is 0 Å². The van der Waals surface area contributed by atoms with Crippen LogP contribution in [0.1, 0.15) is 26.3 Å². The summed E-state index contributed by atoms with van der Waals surface area (Å²) < 4.78 is 6.09. The van der Waals surface area contributed by atoms with Crippen LogP contribution in [0.15, 0.2) is 16.7 Å². The van der Waals surface area contributed by atoms with E-state index >= 15 is 0 Å². The van der Waals surface area contributed by atoms with Crippen molar-refractivity contribution in [2.45, 2.75) is 32.9 Å². The largest absolute Gasteiger partial charge is 0.444 e. The second kappa shape index (κ2) is 6.34. The van der Waals surface area contributed by atoms with Gasteiger partial charge in [0, 0.05) is 17.2 Å². The van der Waals surface area contributed by atoms with Crippen molar-refractivity contribution in [3.05, 3.63) is 22.3 Å². The molecule has 0 radical (unpaired) electrons. The molecular weight excluding hydrogens is 310 g/mol. The van der Waals surface area contributed by atoms with E-state index in [4.69, 9.17) is 4.74 Å². The fourth-order valence-electron chi connectivity index (χ4n) is 1.42. The first-order valence-electron chi connectivity index (χ1n) is 5.96. The number of pyridine rings is 1. The van der Waals surface area contributed by atoms with E-state index in [0.717, 1.165) is 16.6 Å². The number of rotatable bonds is 3. The molecule has 1 rings (SSSR count). The van der Waals surface area contributed by atoms with Gasteiger partial charge in [0.15, 0.2) is 0 Å². The van der Waals surface area contributed by atoms with Crippen molar-refractivity contribution in [3.63, 3.8) is 0 Å². The lowest BCUT2D eigenvalue weighted by Gasteiger charge is -2.19. The number of carbonyl (C=O) groups excluding carboxylic acids is 1. The molecule has 19 heavy (non-hydrogen) atoms. The maximum atomic E-state index is 11.7. The van der Waals surface area contributed by atoms with E-state index in [1.165, 1.54) is 0 Å². The predicted octanol–water partition coefficient (Wildman–Crippen LogP) is 3.25. The molecule has 1 aromatic heterocycles. The second-order valence-electron chi connectivity index (χ2n) is 5.53. The summed E-state index contributed by atoms with van der Waals surface area (Å²) >= 11 is 3.44. The number of halogens is 1. The number of carbonyl (C=O) groups is 1. The van der Waals surface area contributed by atoms with Crippen LogP contribution in [0.5, 0.6) is 0 Å².